The molecule has 0 bridgehead atoms. The second-order valence-corrected chi connectivity index (χ2v) is 4.90. The molecule has 0 saturated heterocycles. The molecular formula is C12H11N3O2S. The lowest BCUT2D eigenvalue weighted by atomic mass is 10.3. The predicted molar refractivity (Wildman–Crippen MR) is 65.5 cm³/mol. The summed E-state index contributed by atoms with van der Waals surface area (Å²) >= 11 is 1.60. The molecule has 0 aliphatic rings. The molecule has 0 radical (unpaired) electrons. The van der Waals surface area contributed by atoms with Gasteiger partial charge in [0, 0.05) is 17.5 Å². The summed E-state index contributed by atoms with van der Waals surface area (Å²) in [4.78, 5) is 13.6. The summed E-state index contributed by atoms with van der Waals surface area (Å²) in [5.74, 6) is 2.08. The monoisotopic (exact) mass is 261 g/mol. The molecule has 6 heteroatoms. The molecule has 0 aromatic carbocycles. The lowest BCUT2D eigenvalue weighted by molar-refractivity contribution is 0.438. The van der Waals surface area contributed by atoms with Gasteiger partial charge in [0.1, 0.15) is 18.4 Å². The van der Waals surface area contributed by atoms with Gasteiger partial charge >= 0.3 is 0 Å². The summed E-state index contributed by atoms with van der Waals surface area (Å²) in [5, 5.41) is 0. The SMILES string of the molecule is Cc1coc(Cc2ncc(Cc3cncs3)o2)n1. The van der Waals surface area contributed by atoms with Crippen molar-refractivity contribution in [3.8, 4) is 0 Å². The first kappa shape index (κ1) is 11.2. The normalized spacial score (nSPS) is 10.9. The first-order chi connectivity index (χ1) is 8.79. The number of aryl methyl sites for hydroxylation is 1. The Morgan fingerprint density at radius 1 is 1.22 bits per heavy atom. The predicted octanol–water partition coefficient (Wildman–Crippen LogP) is 2.61. The molecule has 0 aliphatic heterocycles. The fourth-order valence-electron chi connectivity index (χ4n) is 1.63. The lowest BCUT2D eigenvalue weighted by Crippen LogP contribution is -1.88. The van der Waals surface area contributed by atoms with E-state index in [0.717, 1.165) is 22.8 Å². The maximum absolute atomic E-state index is 5.64. The number of nitrogens with zero attached hydrogens (tertiary/aromatic N) is 3. The van der Waals surface area contributed by atoms with Gasteiger partial charge < -0.3 is 8.83 Å². The average molecular weight is 261 g/mol. The first-order valence-corrected chi connectivity index (χ1v) is 6.39. The van der Waals surface area contributed by atoms with Crippen molar-refractivity contribution in [2.24, 2.45) is 0 Å². The molecular weight excluding hydrogens is 250 g/mol. The molecule has 0 atom stereocenters. The van der Waals surface area contributed by atoms with Gasteiger partial charge in [-0.25, -0.2) is 9.97 Å². The van der Waals surface area contributed by atoms with Crippen molar-refractivity contribution in [3.05, 3.63) is 52.3 Å². The molecule has 3 aromatic heterocycles. The van der Waals surface area contributed by atoms with E-state index in [1.54, 1.807) is 23.8 Å². The molecule has 3 heterocycles. The topological polar surface area (TPSA) is 65.0 Å². The van der Waals surface area contributed by atoms with Crippen molar-refractivity contribution in [1.29, 1.82) is 0 Å². The summed E-state index contributed by atoms with van der Waals surface area (Å²) in [5.41, 5.74) is 2.67. The van der Waals surface area contributed by atoms with Crippen LogP contribution in [0, 0.1) is 6.92 Å². The maximum atomic E-state index is 5.64. The van der Waals surface area contributed by atoms with Gasteiger partial charge in [0.05, 0.1) is 17.4 Å². The van der Waals surface area contributed by atoms with E-state index in [-0.39, 0.29) is 0 Å². The van der Waals surface area contributed by atoms with Crippen molar-refractivity contribution < 1.29 is 8.83 Å². The zero-order valence-electron chi connectivity index (χ0n) is 9.79. The van der Waals surface area contributed by atoms with Crippen LogP contribution in [0.1, 0.15) is 28.1 Å². The Morgan fingerprint density at radius 3 is 2.89 bits per heavy atom. The summed E-state index contributed by atoms with van der Waals surface area (Å²) in [6, 6.07) is 0. The highest BCUT2D eigenvalue weighted by atomic mass is 32.1. The van der Waals surface area contributed by atoms with Gasteiger partial charge in [0.15, 0.2) is 0 Å². The smallest absolute Gasteiger partial charge is 0.203 e. The largest absolute Gasteiger partial charge is 0.448 e. The zero-order chi connectivity index (χ0) is 12.4. The van der Waals surface area contributed by atoms with Crippen molar-refractivity contribution in [2.75, 3.05) is 0 Å². The van der Waals surface area contributed by atoms with E-state index < -0.39 is 0 Å². The van der Waals surface area contributed by atoms with Gasteiger partial charge in [-0.2, -0.15) is 0 Å². The number of aromatic nitrogens is 3. The summed E-state index contributed by atoms with van der Waals surface area (Å²) in [7, 11) is 0. The number of rotatable bonds is 4. The van der Waals surface area contributed by atoms with Gasteiger partial charge in [-0.15, -0.1) is 11.3 Å². The molecule has 92 valence electrons. The third-order valence-corrected chi connectivity index (χ3v) is 3.18. The van der Waals surface area contributed by atoms with Crippen LogP contribution in [0.2, 0.25) is 0 Å². The third kappa shape index (κ3) is 2.48. The van der Waals surface area contributed by atoms with E-state index in [1.165, 1.54) is 0 Å². The van der Waals surface area contributed by atoms with E-state index in [9.17, 15) is 0 Å². The van der Waals surface area contributed by atoms with E-state index in [4.69, 9.17) is 8.83 Å². The number of hydrogen-bond donors (Lipinski definition) is 0. The Morgan fingerprint density at radius 2 is 2.17 bits per heavy atom. The van der Waals surface area contributed by atoms with Crippen LogP contribution in [0.25, 0.3) is 0 Å². The van der Waals surface area contributed by atoms with Crippen LogP contribution < -0.4 is 0 Å². The molecule has 3 aromatic rings. The molecule has 0 fully saturated rings. The quantitative estimate of drug-likeness (QED) is 0.722. The molecule has 5 nitrogen and oxygen atoms in total. The maximum Gasteiger partial charge on any atom is 0.203 e. The Kier molecular flexibility index (Phi) is 2.93. The number of oxazole rings is 2. The highest BCUT2D eigenvalue weighted by Gasteiger charge is 2.09. The van der Waals surface area contributed by atoms with Crippen molar-refractivity contribution in [3.63, 3.8) is 0 Å². The highest BCUT2D eigenvalue weighted by Crippen LogP contribution is 2.15. The van der Waals surface area contributed by atoms with Crippen LogP contribution in [0.3, 0.4) is 0 Å². The van der Waals surface area contributed by atoms with Crippen LogP contribution in [0.5, 0.6) is 0 Å². The van der Waals surface area contributed by atoms with Crippen molar-refractivity contribution >= 4 is 11.3 Å². The molecule has 0 aliphatic carbocycles. The lowest BCUT2D eigenvalue weighted by Gasteiger charge is -1.91. The van der Waals surface area contributed by atoms with Crippen LogP contribution in [-0.4, -0.2) is 15.0 Å². The minimum Gasteiger partial charge on any atom is -0.448 e. The van der Waals surface area contributed by atoms with Crippen molar-refractivity contribution in [2.45, 2.75) is 19.8 Å². The second kappa shape index (κ2) is 4.73. The summed E-state index contributed by atoms with van der Waals surface area (Å²) in [6.07, 6.45) is 6.41. The van der Waals surface area contributed by atoms with E-state index in [2.05, 4.69) is 15.0 Å². The van der Waals surface area contributed by atoms with E-state index >= 15 is 0 Å². The van der Waals surface area contributed by atoms with Crippen LogP contribution in [0.4, 0.5) is 0 Å². The van der Waals surface area contributed by atoms with Crippen LogP contribution in [-0.2, 0) is 12.8 Å². The Balaban J connectivity index is 1.69. The van der Waals surface area contributed by atoms with Gasteiger partial charge in [-0.3, -0.25) is 4.98 Å². The van der Waals surface area contributed by atoms with Gasteiger partial charge in [0.25, 0.3) is 0 Å². The standard InChI is InChI=1S/C12H11N3O2S/c1-8-6-16-12(15-8)3-11-14-4-9(17-11)2-10-5-13-7-18-10/h4-7H,2-3H2,1H3. The molecule has 0 spiro atoms. The van der Waals surface area contributed by atoms with E-state index in [1.807, 2.05) is 18.6 Å². The zero-order valence-corrected chi connectivity index (χ0v) is 10.6. The summed E-state index contributed by atoms with van der Waals surface area (Å²) < 4.78 is 10.9. The molecule has 0 amide bonds. The fourth-order valence-corrected chi connectivity index (χ4v) is 2.23. The first-order valence-electron chi connectivity index (χ1n) is 5.51. The minimum atomic E-state index is 0.483. The van der Waals surface area contributed by atoms with Gasteiger partial charge in [0.2, 0.25) is 11.8 Å². The fraction of sp³-hybridized carbons (Fsp3) is 0.250. The van der Waals surface area contributed by atoms with Gasteiger partial charge in [-0.1, -0.05) is 0 Å². The van der Waals surface area contributed by atoms with Crippen LogP contribution in [0.15, 0.2) is 33.0 Å². The number of thiazole rings is 1. The third-order valence-electron chi connectivity index (χ3n) is 2.40. The Labute approximate surface area is 108 Å². The molecule has 0 saturated carbocycles. The Hall–Kier alpha value is -1.95. The number of hydrogen-bond acceptors (Lipinski definition) is 6. The molecule has 0 N–H and O–H groups in total. The average Bonchev–Trinajstić information content (AvgIpc) is 3.04. The molecule has 0 unspecified atom stereocenters. The van der Waals surface area contributed by atoms with Crippen molar-refractivity contribution in [1.82, 2.24) is 15.0 Å². The highest BCUT2D eigenvalue weighted by molar-refractivity contribution is 7.09. The molecule has 3 rings (SSSR count). The Bertz CT molecular complexity index is 627. The second-order valence-electron chi connectivity index (χ2n) is 3.92. The van der Waals surface area contributed by atoms with Crippen LogP contribution >= 0.6 is 11.3 Å². The minimum absolute atomic E-state index is 0.483. The molecule has 18 heavy (non-hydrogen) atoms. The van der Waals surface area contributed by atoms with Gasteiger partial charge in [-0.05, 0) is 6.92 Å². The van der Waals surface area contributed by atoms with E-state index in [0.29, 0.717) is 18.2 Å². The summed E-state index contributed by atoms with van der Waals surface area (Å²) in [6.45, 7) is 1.89.